The van der Waals surface area contributed by atoms with Gasteiger partial charge in [-0.1, -0.05) is 0 Å². The number of aromatic hydroxyl groups is 1. The Kier molecular flexibility index (Phi) is 2.90. The molecular formula is C16H12O5. The number of aldehydes is 1. The molecule has 2 heterocycles. The molecule has 21 heavy (non-hydrogen) atoms. The Balaban J connectivity index is 2.26. The number of rotatable bonds is 2. The molecule has 3 aromatic rings. The third-order valence-electron chi connectivity index (χ3n) is 3.45. The fourth-order valence-electron chi connectivity index (χ4n) is 2.21. The highest BCUT2D eigenvalue weighted by atomic mass is 16.4. The summed E-state index contributed by atoms with van der Waals surface area (Å²) < 4.78 is 10.8. The first-order valence-corrected chi connectivity index (χ1v) is 6.33. The Bertz CT molecular complexity index is 914. The van der Waals surface area contributed by atoms with Gasteiger partial charge in [-0.05, 0) is 38.1 Å². The standard InChI is InChI=1S/C16H12O5/c1-8-14(18)9(2)16(19)21-15(8)13-6-11-5-10(7-17)3-4-12(11)20-13/h3-7,18H,1-2H3. The Morgan fingerprint density at radius 3 is 2.57 bits per heavy atom. The summed E-state index contributed by atoms with van der Waals surface area (Å²) in [6.45, 7) is 3.14. The molecule has 1 aromatic carbocycles. The van der Waals surface area contributed by atoms with Gasteiger partial charge in [-0.2, -0.15) is 0 Å². The molecule has 106 valence electrons. The number of hydrogen-bond donors (Lipinski definition) is 1. The molecule has 1 N–H and O–H groups in total. The van der Waals surface area contributed by atoms with Gasteiger partial charge in [-0.25, -0.2) is 4.79 Å². The van der Waals surface area contributed by atoms with Crippen LogP contribution < -0.4 is 5.63 Å². The van der Waals surface area contributed by atoms with E-state index in [0.29, 0.717) is 22.5 Å². The van der Waals surface area contributed by atoms with Crippen molar-refractivity contribution in [2.75, 3.05) is 0 Å². The quantitative estimate of drug-likeness (QED) is 0.731. The summed E-state index contributed by atoms with van der Waals surface area (Å²) >= 11 is 0. The molecule has 0 aliphatic carbocycles. The van der Waals surface area contributed by atoms with Crippen molar-refractivity contribution in [3.63, 3.8) is 0 Å². The second kappa shape index (κ2) is 4.63. The van der Waals surface area contributed by atoms with E-state index in [1.54, 1.807) is 31.2 Å². The summed E-state index contributed by atoms with van der Waals surface area (Å²) in [5, 5.41) is 10.7. The average molecular weight is 284 g/mol. The maximum absolute atomic E-state index is 11.7. The van der Waals surface area contributed by atoms with Crippen molar-refractivity contribution in [3.05, 3.63) is 51.4 Å². The van der Waals surface area contributed by atoms with Gasteiger partial charge in [-0.3, -0.25) is 4.79 Å². The maximum Gasteiger partial charge on any atom is 0.343 e. The Hall–Kier alpha value is -2.82. The number of hydrogen-bond acceptors (Lipinski definition) is 5. The third-order valence-corrected chi connectivity index (χ3v) is 3.45. The summed E-state index contributed by atoms with van der Waals surface area (Å²) in [4.78, 5) is 22.5. The minimum absolute atomic E-state index is 0.102. The molecule has 3 rings (SSSR count). The molecule has 0 amide bonds. The highest BCUT2D eigenvalue weighted by molar-refractivity contribution is 5.88. The van der Waals surface area contributed by atoms with Gasteiger partial charge in [0.15, 0.2) is 11.5 Å². The molecule has 0 unspecified atom stereocenters. The van der Waals surface area contributed by atoms with E-state index in [-0.39, 0.29) is 17.1 Å². The largest absolute Gasteiger partial charge is 0.507 e. The monoisotopic (exact) mass is 284 g/mol. The smallest absolute Gasteiger partial charge is 0.343 e. The van der Waals surface area contributed by atoms with Gasteiger partial charge in [0, 0.05) is 16.5 Å². The van der Waals surface area contributed by atoms with Crippen molar-refractivity contribution in [3.8, 4) is 17.3 Å². The predicted octanol–water partition coefficient (Wildman–Crippen LogP) is 3.19. The molecule has 0 saturated carbocycles. The second-order valence-corrected chi connectivity index (χ2v) is 4.84. The van der Waals surface area contributed by atoms with Crippen LogP contribution in [0, 0.1) is 13.8 Å². The molecule has 2 aromatic heterocycles. The maximum atomic E-state index is 11.7. The van der Waals surface area contributed by atoms with Crippen LogP contribution in [0.15, 0.2) is 37.9 Å². The van der Waals surface area contributed by atoms with Crippen LogP contribution in [0.25, 0.3) is 22.5 Å². The molecule has 0 fully saturated rings. The summed E-state index contributed by atoms with van der Waals surface area (Å²) in [6.07, 6.45) is 0.745. The van der Waals surface area contributed by atoms with Crippen LogP contribution >= 0.6 is 0 Å². The lowest BCUT2D eigenvalue weighted by atomic mass is 10.1. The first-order chi connectivity index (χ1) is 10.0. The molecule has 0 saturated heterocycles. The highest BCUT2D eigenvalue weighted by Crippen LogP contribution is 2.33. The lowest BCUT2D eigenvalue weighted by Gasteiger charge is -2.05. The predicted molar refractivity (Wildman–Crippen MR) is 76.7 cm³/mol. The van der Waals surface area contributed by atoms with Crippen LogP contribution in [0.1, 0.15) is 21.5 Å². The Labute approximate surface area is 119 Å². The molecule has 5 heteroatoms. The summed E-state index contributed by atoms with van der Waals surface area (Å²) in [7, 11) is 0. The van der Waals surface area contributed by atoms with E-state index >= 15 is 0 Å². The summed E-state index contributed by atoms with van der Waals surface area (Å²) in [6, 6.07) is 6.65. The van der Waals surface area contributed by atoms with E-state index in [4.69, 9.17) is 8.83 Å². The molecular weight excluding hydrogens is 272 g/mol. The van der Waals surface area contributed by atoms with Crippen LogP contribution in [-0.2, 0) is 0 Å². The Morgan fingerprint density at radius 1 is 1.10 bits per heavy atom. The van der Waals surface area contributed by atoms with Gasteiger partial charge in [0.25, 0.3) is 0 Å². The molecule has 0 atom stereocenters. The molecule has 5 nitrogen and oxygen atoms in total. The molecule has 0 bridgehead atoms. The van der Waals surface area contributed by atoms with Gasteiger partial charge < -0.3 is 13.9 Å². The van der Waals surface area contributed by atoms with E-state index in [9.17, 15) is 14.7 Å². The van der Waals surface area contributed by atoms with Crippen molar-refractivity contribution >= 4 is 17.3 Å². The number of carbonyl (C=O) groups excluding carboxylic acids is 1. The fraction of sp³-hybridized carbons (Fsp3) is 0.125. The van der Waals surface area contributed by atoms with Crippen LogP contribution in [-0.4, -0.2) is 11.4 Å². The van der Waals surface area contributed by atoms with Crippen molar-refractivity contribution in [1.29, 1.82) is 0 Å². The van der Waals surface area contributed by atoms with Gasteiger partial charge in [0.2, 0.25) is 0 Å². The van der Waals surface area contributed by atoms with E-state index in [2.05, 4.69) is 0 Å². The number of furan rings is 1. The Morgan fingerprint density at radius 2 is 1.86 bits per heavy atom. The molecule has 0 radical (unpaired) electrons. The lowest BCUT2D eigenvalue weighted by molar-refractivity contribution is 0.112. The van der Waals surface area contributed by atoms with Crippen LogP contribution in [0.3, 0.4) is 0 Å². The van der Waals surface area contributed by atoms with E-state index < -0.39 is 5.63 Å². The van der Waals surface area contributed by atoms with Crippen LogP contribution in [0.5, 0.6) is 5.75 Å². The van der Waals surface area contributed by atoms with Crippen molar-refractivity contribution in [2.45, 2.75) is 13.8 Å². The zero-order valence-corrected chi connectivity index (χ0v) is 11.5. The molecule has 0 aliphatic heterocycles. The first-order valence-electron chi connectivity index (χ1n) is 6.33. The second-order valence-electron chi connectivity index (χ2n) is 4.84. The van der Waals surface area contributed by atoms with Crippen molar-refractivity contribution in [1.82, 2.24) is 0 Å². The summed E-state index contributed by atoms with van der Waals surface area (Å²) in [5.41, 5.74) is 1.08. The van der Waals surface area contributed by atoms with Crippen LogP contribution in [0.4, 0.5) is 0 Å². The average Bonchev–Trinajstić information content (AvgIpc) is 2.91. The van der Waals surface area contributed by atoms with Crippen molar-refractivity contribution in [2.24, 2.45) is 0 Å². The number of carbonyl (C=O) groups is 1. The topological polar surface area (TPSA) is 80.7 Å². The van der Waals surface area contributed by atoms with Gasteiger partial charge in [0.1, 0.15) is 17.6 Å². The minimum Gasteiger partial charge on any atom is -0.507 e. The van der Waals surface area contributed by atoms with E-state index in [1.165, 1.54) is 6.92 Å². The fourth-order valence-corrected chi connectivity index (χ4v) is 2.21. The highest BCUT2D eigenvalue weighted by Gasteiger charge is 2.18. The normalized spacial score (nSPS) is 11.0. The molecule has 0 spiro atoms. The van der Waals surface area contributed by atoms with E-state index in [0.717, 1.165) is 11.7 Å². The lowest BCUT2D eigenvalue weighted by Crippen LogP contribution is -2.05. The summed E-state index contributed by atoms with van der Waals surface area (Å²) in [5.74, 6) is 0.417. The van der Waals surface area contributed by atoms with Gasteiger partial charge in [0.05, 0.1) is 5.56 Å². The van der Waals surface area contributed by atoms with Crippen molar-refractivity contribution < 1.29 is 18.7 Å². The van der Waals surface area contributed by atoms with E-state index in [1.807, 2.05) is 0 Å². The molecule has 0 aliphatic rings. The van der Waals surface area contributed by atoms with Crippen LogP contribution in [0.2, 0.25) is 0 Å². The number of benzene rings is 1. The number of fused-ring (bicyclic) bond motifs is 1. The minimum atomic E-state index is -0.609. The third kappa shape index (κ3) is 2.03. The zero-order valence-electron chi connectivity index (χ0n) is 11.5. The first kappa shape index (κ1) is 13.2. The zero-order chi connectivity index (χ0) is 15.1. The SMILES string of the molecule is Cc1c(-c2cc3cc(C=O)ccc3o2)oc(=O)c(C)c1O. The van der Waals surface area contributed by atoms with Gasteiger partial charge >= 0.3 is 5.63 Å². The van der Waals surface area contributed by atoms with Gasteiger partial charge in [-0.15, -0.1) is 0 Å².